The molecule has 5 heteroatoms. The summed E-state index contributed by atoms with van der Waals surface area (Å²) in [5.41, 5.74) is 0.606. The van der Waals surface area contributed by atoms with Gasteiger partial charge in [-0.1, -0.05) is 0 Å². The Morgan fingerprint density at radius 2 is 2.25 bits per heavy atom. The first-order chi connectivity index (χ1) is 7.38. The lowest BCUT2D eigenvalue weighted by Gasteiger charge is -2.19. The molecule has 1 heterocycles. The molecule has 0 saturated carbocycles. The minimum Gasteiger partial charge on any atom is -0.459 e. The minimum absolute atomic E-state index is 0.211. The summed E-state index contributed by atoms with van der Waals surface area (Å²) >= 11 is 0. The maximum Gasteiger partial charge on any atom is 0.320 e. The predicted molar refractivity (Wildman–Crippen MR) is 60.8 cm³/mol. The Kier molecular flexibility index (Phi) is 4.06. The highest BCUT2D eigenvalue weighted by atomic mass is 16.6. The molecular weight excluding hydrogens is 206 g/mol. The highest BCUT2D eigenvalue weighted by Gasteiger charge is 2.15. The van der Waals surface area contributed by atoms with Gasteiger partial charge in [0.05, 0.1) is 12.2 Å². The van der Waals surface area contributed by atoms with Crippen molar-refractivity contribution >= 4 is 5.97 Å². The zero-order valence-electron chi connectivity index (χ0n) is 10.3. The molecule has 5 nitrogen and oxygen atoms in total. The highest BCUT2D eigenvalue weighted by Crippen LogP contribution is 2.06. The van der Waals surface area contributed by atoms with E-state index in [-0.39, 0.29) is 12.5 Å². The molecule has 16 heavy (non-hydrogen) atoms. The van der Waals surface area contributed by atoms with Crippen LogP contribution in [0.3, 0.4) is 0 Å². The number of ether oxygens (including phenoxy) is 1. The second-order valence-electron chi connectivity index (χ2n) is 4.64. The molecule has 0 spiro atoms. The number of carbonyl (C=O) groups is 1. The smallest absolute Gasteiger partial charge is 0.320 e. The van der Waals surface area contributed by atoms with Crippen molar-refractivity contribution in [3.05, 3.63) is 18.0 Å². The van der Waals surface area contributed by atoms with Crippen LogP contribution in [0.1, 0.15) is 26.5 Å². The van der Waals surface area contributed by atoms with E-state index in [4.69, 9.17) is 4.74 Å². The average molecular weight is 225 g/mol. The Bertz CT molecular complexity index is 352. The third-order valence-corrected chi connectivity index (χ3v) is 1.92. The van der Waals surface area contributed by atoms with Crippen LogP contribution < -0.4 is 5.32 Å². The first-order valence-electron chi connectivity index (χ1n) is 5.28. The van der Waals surface area contributed by atoms with E-state index in [2.05, 4.69) is 10.4 Å². The molecule has 0 bridgehead atoms. The summed E-state index contributed by atoms with van der Waals surface area (Å²) in [5, 5.41) is 7.05. The Hall–Kier alpha value is -1.36. The van der Waals surface area contributed by atoms with Crippen molar-refractivity contribution in [2.75, 3.05) is 6.54 Å². The summed E-state index contributed by atoms with van der Waals surface area (Å²) in [5.74, 6) is -0.241. The van der Waals surface area contributed by atoms with Crippen molar-refractivity contribution < 1.29 is 9.53 Å². The molecule has 0 atom stereocenters. The lowest BCUT2D eigenvalue weighted by Crippen LogP contribution is -2.31. The fourth-order valence-corrected chi connectivity index (χ4v) is 1.24. The van der Waals surface area contributed by atoms with Crippen LogP contribution in [0.25, 0.3) is 0 Å². The highest BCUT2D eigenvalue weighted by molar-refractivity contribution is 5.72. The predicted octanol–water partition coefficient (Wildman–Crippen LogP) is 0.851. The molecule has 0 aliphatic heterocycles. The quantitative estimate of drug-likeness (QED) is 0.772. The molecule has 0 aromatic carbocycles. The molecule has 90 valence electrons. The Labute approximate surface area is 95.8 Å². The van der Waals surface area contributed by atoms with E-state index in [1.165, 1.54) is 0 Å². The minimum atomic E-state index is -0.425. The number of esters is 1. The van der Waals surface area contributed by atoms with Crippen LogP contribution in [0.4, 0.5) is 0 Å². The monoisotopic (exact) mass is 225 g/mol. The maximum atomic E-state index is 11.4. The molecule has 0 fully saturated rings. The zero-order valence-corrected chi connectivity index (χ0v) is 10.3. The largest absolute Gasteiger partial charge is 0.459 e. The third kappa shape index (κ3) is 4.44. The van der Waals surface area contributed by atoms with Gasteiger partial charge in [-0.15, -0.1) is 0 Å². The molecule has 0 saturated heterocycles. The van der Waals surface area contributed by atoms with E-state index in [0.29, 0.717) is 6.54 Å². The van der Waals surface area contributed by atoms with E-state index in [0.717, 1.165) is 5.69 Å². The van der Waals surface area contributed by atoms with Gasteiger partial charge in [0.25, 0.3) is 0 Å². The lowest BCUT2D eigenvalue weighted by atomic mass is 10.2. The number of aryl methyl sites for hydroxylation is 1. The van der Waals surface area contributed by atoms with Crippen LogP contribution in [0.2, 0.25) is 0 Å². The van der Waals surface area contributed by atoms with Gasteiger partial charge in [-0.2, -0.15) is 5.10 Å². The van der Waals surface area contributed by atoms with Crippen molar-refractivity contribution in [3.8, 4) is 0 Å². The molecular formula is C11H19N3O2. The molecule has 0 aliphatic rings. The number of nitrogens with one attached hydrogen (secondary N) is 1. The van der Waals surface area contributed by atoms with E-state index in [9.17, 15) is 4.79 Å². The Morgan fingerprint density at radius 3 is 2.75 bits per heavy atom. The van der Waals surface area contributed by atoms with Gasteiger partial charge in [-0.3, -0.25) is 9.48 Å². The van der Waals surface area contributed by atoms with Gasteiger partial charge in [0, 0.05) is 19.8 Å². The zero-order chi connectivity index (χ0) is 12.2. The van der Waals surface area contributed by atoms with Gasteiger partial charge in [-0.25, -0.2) is 0 Å². The van der Waals surface area contributed by atoms with Crippen molar-refractivity contribution in [2.45, 2.75) is 32.9 Å². The molecule has 0 amide bonds. The van der Waals surface area contributed by atoms with Gasteiger partial charge >= 0.3 is 5.97 Å². The van der Waals surface area contributed by atoms with Crippen LogP contribution in [-0.2, 0) is 23.1 Å². The van der Waals surface area contributed by atoms with Crippen LogP contribution in [0, 0.1) is 0 Å². The Balaban J connectivity index is 2.26. The molecule has 1 aromatic rings. The van der Waals surface area contributed by atoms with Gasteiger partial charge in [0.2, 0.25) is 0 Å². The molecule has 0 aliphatic carbocycles. The van der Waals surface area contributed by atoms with Crippen LogP contribution in [-0.4, -0.2) is 27.9 Å². The molecule has 1 aromatic heterocycles. The van der Waals surface area contributed by atoms with Crippen molar-refractivity contribution in [1.29, 1.82) is 0 Å². The fourth-order valence-electron chi connectivity index (χ4n) is 1.24. The molecule has 1 rings (SSSR count). The van der Waals surface area contributed by atoms with Crippen LogP contribution >= 0.6 is 0 Å². The first kappa shape index (κ1) is 12.7. The first-order valence-corrected chi connectivity index (χ1v) is 5.28. The van der Waals surface area contributed by atoms with Crippen LogP contribution in [0.15, 0.2) is 12.3 Å². The number of aromatic nitrogens is 2. The summed E-state index contributed by atoms with van der Waals surface area (Å²) in [6.07, 6.45) is 1.73. The fraction of sp³-hybridized carbons (Fsp3) is 0.636. The summed E-state index contributed by atoms with van der Waals surface area (Å²) < 4.78 is 6.93. The number of nitrogens with zero attached hydrogens (tertiary/aromatic N) is 2. The van der Waals surface area contributed by atoms with Crippen LogP contribution in [0.5, 0.6) is 0 Å². The van der Waals surface area contributed by atoms with Crippen molar-refractivity contribution in [2.24, 2.45) is 7.05 Å². The van der Waals surface area contributed by atoms with E-state index in [1.807, 2.05) is 33.9 Å². The van der Waals surface area contributed by atoms with Crippen molar-refractivity contribution in [1.82, 2.24) is 15.1 Å². The topological polar surface area (TPSA) is 56.2 Å². The summed E-state index contributed by atoms with van der Waals surface area (Å²) in [6, 6.07) is 1.90. The summed E-state index contributed by atoms with van der Waals surface area (Å²) in [7, 11) is 1.87. The number of rotatable bonds is 4. The summed E-state index contributed by atoms with van der Waals surface area (Å²) in [4.78, 5) is 11.4. The number of hydrogen-bond donors (Lipinski definition) is 1. The standard InChI is InChI=1S/C11H19N3O2/c1-11(2,3)16-10(15)8-12-7-9-5-6-13-14(9)4/h5-6,12H,7-8H2,1-4H3. The Morgan fingerprint density at radius 1 is 1.56 bits per heavy atom. The molecule has 0 radical (unpaired) electrons. The summed E-state index contributed by atoms with van der Waals surface area (Å²) in [6.45, 7) is 6.38. The molecule has 1 N–H and O–H groups in total. The normalized spacial score (nSPS) is 11.5. The SMILES string of the molecule is Cn1nccc1CNCC(=O)OC(C)(C)C. The third-order valence-electron chi connectivity index (χ3n) is 1.92. The second-order valence-corrected chi connectivity index (χ2v) is 4.64. The number of hydrogen-bond acceptors (Lipinski definition) is 4. The van der Waals surface area contributed by atoms with E-state index >= 15 is 0 Å². The van der Waals surface area contributed by atoms with Gasteiger partial charge < -0.3 is 10.1 Å². The van der Waals surface area contributed by atoms with Crippen molar-refractivity contribution in [3.63, 3.8) is 0 Å². The van der Waals surface area contributed by atoms with Gasteiger partial charge in [-0.05, 0) is 26.8 Å². The number of carbonyl (C=O) groups excluding carboxylic acids is 1. The average Bonchev–Trinajstić information content (AvgIpc) is 2.48. The van der Waals surface area contributed by atoms with E-state index in [1.54, 1.807) is 10.9 Å². The van der Waals surface area contributed by atoms with Gasteiger partial charge in [0.15, 0.2) is 0 Å². The molecule has 0 unspecified atom stereocenters. The second kappa shape index (κ2) is 5.12. The lowest BCUT2D eigenvalue weighted by molar-refractivity contribution is -0.153. The van der Waals surface area contributed by atoms with Gasteiger partial charge in [0.1, 0.15) is 5.60 Å². The van der Waals surface area contributed by atoms with E-state index < -0.39 is 5.60 Å². The maximum absolute atomic E-state index is 11.4.